The third-order valence-electron chi connectivity index (χ3n) is 4.70. The molecule has 1 N–H and O–H groups in total. The van der Waals surface area contributed by atoms with Crippen LogP contribution in [0.1, 0.15) is 53.6 Å². The summed E-state index contributed by atoms with van der Waals surface area (Å²) >= 11 is 6.34. The topological polar surface area (TPSA) is 29.1 Å². The molecule has 0 aromatic heterocycles. The highest BCUT2D eigenvalue weighted by Gasteiger charge is 2.23. The van der Waals surface area contributed by atoms with Crippen LogP contribution < -0.4 is 5.32 Å². The second-order valence-electron chi connectivity index (χ2n) is 6.11. The van der Waals surface area contributed by atoms with Crippen LogP contribution in [0.2, 0.25) is 0 Å². The number of hydrogen-bond donors (Lipinski definition) is 1. The van der Waals surface area contributed by atoms with Gasteiger partial charge in [0.05, 0.1) is 0 Å². The quantitative estimate of drug-likeness (QED) is 0.845. The molecular weight excluding hydrogens is 270 g/mol. The Labute approximate surface area is 125 Å². The number of alkyl halides is 1. The summed E-state index contributed by atoms with van der Waals surface area (Å²) in [5.74, 6) is 0.484. The van der Waals surface area contributed by atoms with E-state index in [1.54, 1.807) is 0 Å². The largest absolute Gasteiger partial charge is 0.352 e. The van der Waals surface area contributed by atoms with E-state index in [1.807, 2.05) is 6.07 Å². The number of aryl methyl sites for hydroxylation is 2. The van der Waals surface area contributed by atoms with Gasteiger partial charge >= 0.3 is 0 Å². The van der Waals surface area contributed by atoms with Crippen molar-refractivity contribution >= 4 is 17.5 Å². The second-order valence-corrected chi connectivity index (χ2v) is 6.67. The smallest absolute Gasteiger partial charge is 0.251 e. The highest BCUT2D eigenvalue weighted by Crippen LogP contribution is 2.28. The molecule has 20 heavy (non-hydrogen) atoms. The van der Waals surface area contributed by atoms with Crippen molar-refractivity contribution in [2.24, 2.45) is 5.92 Å². The van der Waals surface area contributed by atoms with Gasteiger partial charge in [-0.1, -0.05) is 18.9 Å². The molecule has 2 aliphatic rings. The fourth-order valence-electron chi connectivity index (χ4n) is 3.43. The maximum Gasteiger partial charge on any atom is 0.251 e. The average molecular weight is 292 g/mol. The van der Waals surface area contributed by atoms with E-state index in [1.165, 1.54) is 30.4 Å². The minimum Gasteiger partial charge on any atom is -0.352 e. The van der Waals surface area contributed by atoms with E-state index in [9.17, 15) is 4.79 Å². The molecule has 108 valence electrons. The van der Waals surface area contributed by atoms with Crippen molar-refractivity contribution in [3.05, 3.63) is 34.9 Å². The number of rotatable bonds is 3. The van der Waals surface area contributed by atoms with Crippen LogP contribution >= 0.6 is 11.6 Å². The van der Waals surface area contributed by atoms with Crippen molar-refractivity contribution in [2.75, 3.05) is 6.54 Å². The lowest BCUT2D eigenvalue weighted by molar-refractivity contribution is 0.0944. The first-order valence-corrected chi connectivity index (χ1v) is 8.22. The molecule has 1 amide bonds. The van der Waals surface area contributed by atoms with Crippen LogP contribution in [0.5, 0.6) is 0 Å². The van der Waals surface area contributed by atoms with E-state index in [-0.39, 0.29) is 11.3 Å². The number of carbonyl (C=O) groups excluding carboxylic acids is 1. The molecule has 2 unspecified atom stereocenters. The molecule has 1 aromatic carbocycles. The first kappa shape index (κ1) is 13.9. The van der Waals surface area contributed by atoms with Crippen molar-refractivity contribution in [1.82, 2.24) is 5.32 Å². The molecule has 3 rings (SSSR count). The Morgan fingerprint density at radius 1 is 1.15 bits per heavy atom. The van der Waals surface area contributed by atoms with E-state index < -0.39 is 0 Å². The summed E-state index contributed by atoms with van der Waals surface area (Å²) in [5.41, 5.74) is 3.56. The Morgan fingerprint density at radius 3 is 2.80 bits per heavy atom. The van der Waals surface area contributed by atoms with Crippen LogP contribution in [0.4, 0.5) is 0 Å². The van der Waals surface area contributed by atoms with E-state index in [0.717, 1.165) is 31.2 Å². The van der Waals surface area contributed by atoms with Gasteiger partial charge in [-0.3, -0.25) is 4.79 Å². The zero-order valence-electron chi connectivity index (χ0n) is 11.8. The number of halogens is 1. The standard InChI is InChI=1S/C17H22ClNO/c18-16-7-2-1-4-15(16)11-19-17(20)14-9-8-12-5-3-6-13(12)10-14/h8-10,15-16H,1-7,11H2,(H,19,20). The monoisotopic (exact) mass is 291 g/mol. The summed E-state index contributed by atoms with van der Waals surface area (Å²) in [6.45, 7) is 0.712. The molecule has 0 spiro atoms. The van der Waals surface area contributed by atoms with Gasteiger partial charge < -0.3 is 5.32 Å². The fourth-order valence-corrected chi connectivity index (χ4v) is 3.80. The van der Waals surface area contributed by atoms with Crippen LogP contribution in [0.3, 0.4) is 0 Å². The fraction of sp³-hybridized carbons (Fsp3) is 0.588. The van der Waals surface area contributed by atoms with Crippen LogP contribution in [0.15, 0.2) is 18.2 Å². The Kier molecular flexibility index (Phi) is 4.30. The van der Waals surface area contributed by atoms with E-state index in [0.29, 0.717) is 12.5 Å². The Morgan fingerprint density at radius 2 is 1.95 bits per heavy atom. The SMILES string of the molecule is O=C(NCC1CCCCC1Cl)c1ccc2c(c1)CCC2. The number of fused-ring (bicyclic) bond motifs is 1. The van der Waals surface area contributed by atoms with E-state index >= 15 is 0 Å². The molecule has 0 bridgehead atoms. The summed E-state index contributed by atoms with van der Waals surface area (Å²) in [4.78, 5) is 12.2. The molecular formula is C17H22ClNO. The normalized spacial score (nSPS) is 25.2. The van der Waals surface area contributed by atoms with Crippen molar-refractivity contribution in [2.45, 2.75) is 50.3 Å². The van der Waals surface area contributed by atoms with Gasteiger partial charge in [0, 0.05) is 17.5 Å². The first-order chi connectivity index (χ1) is 9.74. The zero-order chi connectivity index (χ0) is 13.9. The summed E-state index contributed by atoms with van der Waals surface area (Å²) in [6.07, 6.45) is 8.18. The number of amides is 1. The maximum atomic E-state index is 12.2. The lowest BCUT2D eigenvalue weighted by Gasteiger charge is -2.27. The molecule has 2 atom stereocenters. The minimum atomic E-state index is 0.0501. The van der Waals surface area contributed by atoms with Gasteiger partial charge in [0.15, 0.2) is 0 Å². The van der Waals surface area contributed by atoms with Gasteiger partial charge in [-0.25, -0.2) is 0 Å². The van der Waals surface area contributed by atoms with Gasteiger partial charge in [0.1, 0.15) is 0 Å². The highest BCUT2D eigenvalue weighted by molar-refractivity contribution is 6.20. The molecule has 1 aromatic rings. The molecule has 2 nitrogen and oxygen atoms in total. The minimum absolute atomic E-state index is 0.0501. The summed E-state index contributed by atoms with van der Waals surface area (Å²) < 4.78 is 0. The van der Waals surface area contributed by atoms with Crippen molar-refractivity contribution < 1.29 is 4.79 Å². The van der Waals surface area contributed by atoms with Crippen LogP contribution in [0.25, 0.3) is 0 Å². The Balaban J connectivity index is 1.59. The van der Waals surface area contributed by atoms with Gasteiger partial charge in [0.2, 0.25) is 0 Å². The van der Waals surface area contributed by atoms with Gasteiger partial charge in [-0.15, -0.1) is 11.6 Å². The molecule has 0 aliphatic heterocycles. The lowest BCUT2D eigenvalue weighted by Crippen LogP contribution is -2.34. The summed E-state index contributed by atoms with van der Waals surface area (Å²) in [7, 11) is 0. The number of hydrogen-bond acceptors (Lipinski definition) is 1. The van der Waals surface area contributed by atoms with Gasteiger partial charge in [-0.2, -0.15) is 0 Å². The number of carbonyl (C=O) groups is 1. The summed E-state index contributed by atoms with van der Waals surface area (Å²) in [6, 6.07) is 6.14. The number of benzene rings is 1. The maximum absolute atomic E-state index is 12.2. The average Bonchev–Trinajstić information content (AvgIpc) is 2.93. The predicted molar refractivity (Wildman–Crippen MR) is 82.4 cm³/mol. The molecule has 1 fully saturated rings. The Bertz CT molecular complexity index is 500. The van der Waals surface area contributed by atoms with Gasteiger partial charge in [0.25, 0.3) is 5.91 Å². The van der Waals surface area contributed by atoms with Crippen LogP contribution in [-0.2, 0) is 12.8 Å². The third kappa shape index (κ3) is 3.01. The van der Waals surface area contributed by atoms with E-state index in [4.69, 9.17) is 11.6 Å². The molecule has 0 radical (unpaired) electrons. The molecule has 3 heteroatoms. The molecule has 0 heterocycles. The van der Waals surface area contributed by atoms with Crippen molar-refractivity contribution in [1.29, 1.82) is 0 Å². The molecule has 0 saturated heterocycles. The zero-order valence-corrected chi connectivity index (χ0v) is 12.6. The van der Waals surface area contributed by atoms with Crippen LogP contribution in [0, 0.1) is 5.92 Å². The highest BCUT2D eigenvalue weighted by atomic mass is 35.5. The molecule has 1 saturated carbocycles. The van der Waals surface area contributed by atoms with Crippen molar-refractivity contribution in [3.63, 3.8) is 0 Å². The first-order valence-electron chi connectivity index (χ1n) is 7.78. The third-order valence-corrected chi connectivity index (χ3v) is 5.28. The van der Waals surface area contributed by atoms with Crippen LogP contribution in [-0.4, -0.2) is 17.8 Å². The predicted octanol–water partition coefficient (Wildman–Crippen LogP) is 3.70. The summed E-state index contributed by atoms with van der Waals surface area (Å²) in [5, 5.41) is 3.29. The van der Waals surface area contributed by atoms with Crippen molar-refractivity contribution in [3.8, 4) is 0 Å². The molecule has 2 aliphatic carbocycles. The van der Waals surface area contributed by atoms with E-state index in [2.05, 4.69) is 17.4 Å². The Hall–Kier alpha value is -1.02. The second kappa shape index (κ2) is 6.17. The number of nitrogens with one attached hydrogen (secondary N) is 1. The lowest BCUT2D eigenvalue weighted by atomic mass is 9.88. The van der Waals surface area contributed by atoms with Gasteiger partial charge in [-0.05, 0) is 61.3 Å².